The van der Waals surface area contributed by atoms with E-state index in [0.717, 1.165) is 65.2 Å². The normalized spacial score (nSPS) is 22.5. The first kappa shape index (κ1) is 21.5. The molecule has 0 N–H and O–H groups in total. The van der Waals surface area contributed by atoms with Gasteiger partial charge in [0.1, 0.15) is 17.3 Å². The minimum absolute atomic E-state index is 0.325. The number of rotatable bonds is 11. The summed E-state index contributed by atoms with van der Waals surface area (Å²) < 4.78 is 11.9. The van der Waals surface area contributed by atoms with Crippen LogP contribution in [0.4, 0.5) is 0 Å². The van der Waals surface area contributed by atoms with Gasteiger partial charge in [-0.15, -0.1) is 0 Å². The highest BCUT2D eigenvalue weighted by molar-refractivity contribution is 5.79. The van der Waals surface area contributed by atoms with Crippen LogP contribution in [0, 0.1) is 0 Å². The second-order valence-corrected chi connectivity index (χ2v) is 7.34. The lowest BCUT2D eigenvalue weighted by molar-refractivity contribution is -0.175. The Balaban J connectivity index is 2.01. The lowest BCUT2D eigenvalue weighted by Crippen LogP contribution is -2.55. The standard InChI is InChI=1S/C20H36N2O4/c1-3-25-17-5-10-20(26-4-2,22-14-8-19(24)9-15-22)11-16-21-12-6-18(23)7-13-21/h3-17H2,1-2H3. The lowest BCUT2D eigenvalue weighted by atomic mass is 9.96. The predicted octanol–water partition coefficient (Wildman–Crippen LogP) is 2.26. The summed E-state index contributed by atoms with van der Waals surface area (Å²) >= 11 is 0. The summed E-state index contributed by atoms with van der Waals surface area (Å²) in [5.74, 6) is 0.735. The molecule has 1 atom stereocenters. The first-order chi connectivity index (χ1) is 12.6. The van der Waals surface area contributed by atoms with Crippen LogP contribution in [0.5, 0.6) is 0 Å². The van der Waals surface area contributed by atoms with Gasteiger partial charge in [-0.05, 0) is 26.7 Å². The maximum absolute atomic E-state index is 11.7. The van der Waals surface area contributed by atoms with Crippen LogP contribution in [-0.2, 0) is 19.1 Å². The molecule has 2 saturated heterocycles. The molecule has 0 aromatic carbocycles. The van der Waals surface area contributed by atoms with E-state index in [1.54, 1.807) is 0 Å². The zero-order chi connectivity index (χ0) is 18.8. The first-order valence-corrected chi connectivity index (χ1v) is 10.3. The molecule has 26 heavy (non-hydrogen) atoms. The third-order valence-corrected chi connectivity index (χ3v) is 5.60. The van der Waals surface area contributed by atoms with E-state index in [-0.39, 0.29) is 5.72 Å². The van der Waals surface area contributed by atoms with E-state index in [1.807, 2.05) is 13.8 Å². The number of hydrogen-bond donors (Lipinski definition) is 0. The van der Waals surface area contributed by atoms with Gasteiger partial charge < -0.3 is 14.4 Å². The number of carbonyl (C=O) groups is 2. The molecule has 0 aromatic rings. The second-order valence-electron chi connectivity index (χ2n) is 7.34. The number of likely N-dealkylation sites (tertiary alicyclic amines) is 2. The molecule has 0 radical (unpaired) electrons. The van der Waals surface area contributed by atoms with Gasteiger partial charge in [-0.2, -0.15) is 0 Å². The summed E-state index contributed by atoms with van der Waals surface area (Å²) in [6.07, 6.45) is 5.37. The highest BCUT2D eigenvalue weighted by Gasteiger charge is 2.39. The van der Waals surface area contributed by atoms with E-state index in [2.05, 4.69) is 9.80 Å². The Kier molecular flexibility index (Phi) is 9.19. The van der Waals surface area contributed by atoms with Gasteiger partial charge in [-0.3, -0.25) is 14.5 Å². The topological polar surface area (TPSA) is 59.1 Å². The van der Waals surface area contributed by atoms with Crippen LogP contribution in [0.2, 0.25) is 0 Å². The Bertz CT molecular complexity index is 437. The van der Waals surface area contributed by atoms with Crippen LogP contribution in [0.25, 0.3) is 0 Å². The first-order valence-electron chi connectivity index (χ1n) is 10.3. The minimum Gasteiger partial charge on any atom is -0.382 e. The van der Waals surface area contributed by atoms with Gasteiger partial charge in [0.25, 0.3) is 0 Å². The summed E-state index contributed by atoms with van der Waals surface area (Å²) in [4.78, 5) is 28.0. The van der Waals surface area contributed by atoms with Crippen molar-refractivity contribution >= 4 is 11.6 Å². The molecule has 150 valence electrons. The molecule has 0 saturated carbocycles. The van der Waals surface area contributed by atoms with Gasteiger partial charge >= 0.3 is 0 Å². The van der Waals surface area contributed by atoms with E-state index in [0.29, 0.717) is 43.9 Å². The molecule has 0 aromatic heterocycles. The van der Waals surface area contributed by atoms with Gasteiger partial charge in [0, 0.05) is 84.6 Å². The zero-order valence-corrected chi connectivity index (χ0v) is 16.6. The Labute approximate surface area is 158 Å². The molecule has 2 aliphatic heterocycles. The lowest BCUT2D eigenvalue weighted by Gasteiger charge is -2.46. The monoisotopic (exact) mass is 368 g/mol. The van der Waals surface area contributed by atoms with Crippen LogP contribution in [0.15, 0.2) is 0 Å². The largest absolute Gasteiger partial charge is 0.382 e. The molecular weight excluding hydrogens is 332 g/mol. The van der Waals surface area contributed by atoms with Crippen molar-refractivity contribution in [3.05, 3.63) is 0 Å². The third-order valence-electron chi connectivity index (χ3n) is 5.60. The van der Waals surface area contributed by atoms with Gasteiger partial charge in [-0.25, -0.2) is 0 Å². The number of nitrogens with zero attached hydrogens (tertiary/aromatic N) is 2. The summed E-state index contributed by atoms with van der Waals surface area (Å²) in [6.45, 7) is 10.4. The van der Waals surface area contributed by atoms with Crippen LogP contribution >= 0.6 is 0 Å². The maximum atomic E-state index is 11.7. The van der Waals surface area contributed by atoms with Gasteiger partial charge in [0.15, 0.2) is 0 Å². The van der Waals surface area contributed by atoms with Gasteiger partial charge in [0.05, 0.1) is 0 Å². The van der Waals surface area contributed by atoms with Crippen molar-refractivity contribution in [3.8, 4) is 0 Å². The summed E-state index contributed by atoms with van der Waals surface area (Å²) in [6, 6.07) is 0. The van der Waals surface area contributed by atoms with Crippen molar-refractivity contribution in [2.24, 2.45) is 0 Å². The van der Waals surface area contributed by atoms with Crippen LogP contribution < -0.4 is 0 Å². The molecule has 1 unspecified atom stereocenters. The molecule has 6 heteroatoms. The minimum atomic E-state index is -0.325. The van der Waals surface area contributed by atoms with Crippen molar-refractivity contribution in [1.29, 1.82) is 0 Å². The smallest absolute Gasteiger partial charge is 0.135 e. The van der Waals surface area contributed by atoms with E-state index in [4.69, 9.17) is 9.47 Å². The molecule has 0 bridgehead atoms. The van der Waals surface area contributed by atoms with Gasteiger partial charge in [-0.1, -0.05) is 0 Å². The van der Waals surface area contributed by atoms with Crippen molar-refractivity contribution in [2.75, 3.05) is 52.5 Å². The molecular formula is C20H36N2O4. The molecule has 0 spiro atoms. The Morgan fingerprint density at radius 1 is 0.885 bits per heavy atom. The molecule has 2 fully saturated rings. The molecule has 2 rings (SSSR count). The number of ketones is 2. The number of Topliss-reactive ketones (excluding diaryl/α,β-unsaturated/α-hetero) is 2. The maximum Gasteiger partial charge on any atom is 0.135 e. The van der Waals surface area contributed by atoms with E-state index < -0.39 is 0 Å². The summed E-state index contributed by atoms with van der Waals surface area (Å²) in [7, 11) is 0. The van der Waals surface area contributed by atoms with Crippen molar-refractivity contribution in [3.63, 3.8) is 0 Å². The SMILES string of the molecule is CCOCCCC(CCN1CCC(=O)CC1)(OCC)N1CCC(=O)CC1. The number of ether oxygens (including phenoxy) is 2. The highest BCUT2D eigenvalue weighted by atomic mass is 16.5. The van der Waals surface area contributed by atoms with Crippen molar-refractivity contribution < 1.29 is 19.1 Å². The van der Waals surface area contributed by atoms with E-state index in [9.17, 15) is 9.59 Å². The summed E-state index contributed by atoms with van der Waals surface area (Å²) in [5, 5.41) is 0. The molecule has 6 nitrogen and oxygen atoms in total. The fraction of sp³-hybridized carbons (Fsp3) is 0.900. The van der Waals surface area contributed by atoms with Crippen LogP contribution in [-0.4, -0.2) is 79.6 Å². The third kappa shape index (κ3) is 6.41. The van der Waals surface area contributed by atoms with Crippen molar-refractivity contribution in [2.45, 2.75) is 64.5 Å². The highest BCUT2D eigenvalue weighted by Crippen LogP contribution is 2.31. The average Bonchev–Trinajstić information content (AvgIpc) is 2.65. The van der Waals surface area contributed by atoms with Crippen LogP contribution in [0.3, 0.4) is 0 Å². The molecule has 0 aliphatic carbocycles. The van der Waals surface area contributed by atoms with Crippen LogP contribution in [0.1, 0.15) is 58.8 Å². The predicted molar refractivity (Wildman–Crippen MR) is 101 cm³/mol. The fourth-order valence-electron chi connectivity index (χ4n) is 4.06. The quantitative estimate of drug-likeness (QED) is 0.522. The van der Waals surface area contributed by atoms with Crippen molar-refractivity contribution in [1.82, 2.24) is 9.80 Å². The van der Waals surface area contributed by atoms with E-state index in [1.165, 1.54) is 0 Å². The zero-order valence-electron chi connectivity index (χ0n) is 16.6. The Morgan fingerprint density at radius 3 is 2.08 bits per heavy atom. The molecule has 2 heterocycles. The van der Waals surface area contributed by atoms with Gasteiger partial charge in [0.2, 0.25) is 0 Å². The molecule has 2 aliphatic rings. The number of piperidine rings is 2. The average molecular weight is 369 g/mol. The second kappa shape index (κ2) is 11.1. The number of carbonyl (C=O) groups excluding carboxylic acids is 2. The number of hydrogen-bond acceptors (Lipinski definition) is 6. The molecule has 0 amide bonds. The summed E-state index contributed by atoms with van der Waals surface area (Å²) in [5.41, 5.74) is -0.325. The Hall–Kier alpha value is -0.820. The Morgan fingerprint density at radius 2 is 1.50 bits per heavy atom. The van der Waals surface area contributed by atoms with E-state index >= 15 is 0 Å². The fourth-order valence-corrected chi connectivity index (χ4v) is 4.06.